The van der Waals surface area contributed by atoms with E-state index in [9.17, 15) is 22.8 Å². The van der Waals surface area contributed by atoms with Gasteiger partial charge in [0, 0.05) is 24.7 Å². The van der Waals surface area contributed by atoms with E-state index in [0.29, 0.717) is 18.1 Å². The Morgan fingerprint density at radius 2 is 2.08 bits per heavy atom. The summed E-state index contributed by atoms with van der Waals surface area (Å²) in [4.78, 5) is 24.5. The summed E-state index contributed by atoms with van der Waals surface area (Å²) in [6.07, 6.45) is -4.54. The van der Waals surface area contributed by atoms with Gasteiger partial charge in [-0.15, -0.1) is 5.10 Å². The van der Waals surface area contributed by atoms with Crippen LogP contribution < -0.4 is 0 Å². The Balaban J connectivity index is 1.69. The largest absolute Gasteiger partial charge is 0.491 e. The molecular weight excluding hydrogens is 377 g/mol. The van der Waals surface area contributed by atoms with E-state index in [1.54, 1.807) is 6.07 Å². The Morgan fingerprint density at radius 3 is 2.81 bits per heavy atom. The van der Waals surface area contributed by atoms with Crippen LogP contribution in [-0.4, -0.2) is 45.0 Å². The number of nitrogens with one attached hydrogen (secondary N) is 1. The zero-order valence-corrected chi connectivity index (χ0v) is 13.9. The van der Waals surface area contributed by atoms with Crippen molar-refractivity contribution in [3.63, 3.8) is 0 Å². The normalized spacial score (nSPS) is 14.8. The first-order chi connectivity index (χ1) is 12.2. The molecule has 0 saturated carbocycles. The smallest absolute Gasteiger partial charge is 0.381 e. The van der Waals surface area contributed by atoms with Gasteiger partial charge in [0.15, 0.2) is 5.69 Å². The number of carbonyl (C=O) groups is 2. The van der Waals surface area contributed by atoms with E-state index in [1.807, 2.05) is 17.0 Å². The minimum Gasteiger partial charge on any atom is -0.381 e. The van der Waals surface area contributed by atoms with Crippen molar-refractivity contribution in [1.29, 1.82) is 0 Å². The molecule has 1 N–H and O–H groups in total. The maximum absolute atomic E-state index is 12.2. The molecule has 7 nitrogen and oxygen atoms in total. The molecule has 1 aliphatic heterocycles. The van der Waals surface area contributed by atoms with Crippen LogP contribution in [0.1, 0.15) is 27.3 Å². The Hall–Kier alpha value is -2.46. The van der Waals surface area contributed by atoms with Gasteiger partial charge in [0.1, 0.15) is 5.69 Å². The van der Waals surface area contributed by atoms with Crippen LogP contribution in [0, 0.1) is 0 Å². The predicted octanol–water partition coefficient (Wildman–Crippen LogP) is 2.26. The van der Waals surface area contributed by atoms with Gasteiger partial charge in [-0.25, -0.2) is 9.59 Å². The number of rotatable bonds is 3. The third kappa shape index (κ3) is 4.02. The monoisotopic (exact) mass is 388 g/mol. The van der Waals surface area contributed by atoms with E-state index in [0.717, 1.165) is 17.5 Å². The van der Waals surface area contributed by atoms with E-state index >= 15 is 0 Å². The first kappa shape index (κ1) is 18.3. The molecule has 2 aromatic rings. The highest BCUT2D eigenvalue weighted by molar-refractivity contribution is 6.30. The van der Waals surface area contributed by atoms with Gasteiger partial charge in [-0.3, -0.25) is 10.00 Å². The summed E-state index contributed by atoms with van der Waals surface area (Å²) in [6.45, 7) is 1.34. The molecule has 2 heterocycles. The Kier molecular flexibility index (Phi) is 4.97. The van der Waals surface area contributed by atoms with Crippen molar-refractivity contribution in [3.05, 3.63) is 45.7 Å². The molecule has 0 atom stereocenters. The molecule has 11 heteroatoms. The average molecular weight is 389 g/mol. The molecule has 0 bridgehead atoms. The Morgan fingerprint density at radius 1 is 1.31 bits per heavy atom. The topological polar surface area (TPSA) is 88.2 Å². The highest BCUT2D eigenvalue weighted by atomic mass is 35.5. The molecule has 1 aromatic heterocycles. The third-order valence-corrected chi connectivity index (χ3v) is 4.11. The van der Waals surface area contributed by atoms with Crippen molar-refractivity contribution >= 4 is 23.5 Å². The number of carbonyl (C=O) groups excluding carboxylic acids is 2. The fourth-order valence-electron chi connectivity index (χ4n) is 2.64. The maximum Gasteiger partial charge on any atom is 0.491 e. The van der Waals surface area contributed by atoms with Gasteiger partial charge in [-0.2, -0.15) is 13.2 Å². The number of aromatic amines is 1. The van der Waals surface area contributed by atoms with Crippen LogP contribution in [0.5, 0.6) is 0 Å². The molecule has 0 aliphatic carbocycles. The van der Waals surface area contributed by atoms with E-state index in [-0.39, 0.29) is 17.9 Å². The van der Waals surface area contributed by atoms with Crippen LogP contribution >= 0.6 is 11.6 Å². The van der Waals surface area contributed by atoms with Crippen LogP contribution in [0.15, 0.2) is 18.2 Å². The van der Waals surface area contributed by atoms with E-state index in [4.69, 9.17) is 11.6 Å². The highest BCUT2D eigenvalue weighted by Gasteiger charge is 2.43. The lowest BCUT2D eigenvalue weighted by Gasteiger charge is -2.28. The Bertz CT molecular complexity index is 853. The lowest BCUT2D eigenvalue weighted by molar-refractivity contribution is -0.193. The zero-order valence-electron chi connectivity index (χ0n) is 13.1. The molecule has 3 rings (SSSR count). The molecular formula is C15H12ClF3N4O3. The number of hydrogen-bond donors (Lipinski definition) is 1. The Labute approximate surface area is 150 Å². The summed E-state index contributed by atoms with van der Waals surface area (Å²) in [6, 6.07) is 5.55. The SMILES string of the molecule is O=C(OC(=O)C(F)(F)F)c1[nH]nnc1CN1CCc2cc(Cl)ccc2C1. The first-order valence-corrected chi connectivity index (χ1v) is 7.84. The van der Waals surface area contributed by atoms with E-state index < -0.39 is 18.1 Å². The molecule has 0 unspecified atom stereocenters. The second-order valence-electron chi connectivity index (χ2n) is 5.68. The number of alkyl halides is 3. The van der Waals surface area contributed by atoms with Gasteiger partial charge in [0.25, 0.3) is 0 Å². The lowest BCUT2D eigenvalue weighted by atomic mass is 10.00. The number of fused-ring (bicyclic) bond motifs is 1. The van der Waals surface area contributed by atoms with Crippen LogP contribution in [0.4, 0.5) is 13.2 Å². The molecule has 1 aliphatic rings. The fraction of sp³-hybridized carbons (Fsp3) is 0.333. The molecule has 0 saturated heterocycles. The van der Waals surface area contributed by atoms with Gasteiger partial charge in [-0.1, -0.05) is 22.9 Å². The molecule has 0 amide bonds. The maximum atomic E-state index is 12.2. The number of nitrogens with zero attached hydrogens (tertiary/aromatic N) is 3. The number of benzene rings is 1. The van der Waals surface area contributed by atoms with Crippen molar-refractivity contribution < 1.29 is 27.5 Å². The van der Waals surface area contributed by atoms with Gasteiger partial charge >= 0.3 is 18.1 Å². The summed E-state index contributed by atoms with van der Waals surface area (Å²) < 4.78 is 40.4. The summed E-state index contributed by atoms with van der Waals surface area (Å²) in [7, 11) is 0. The van der Waals surface area contributed by atoms with Crippen molar-refractivity contribution in [2.75, 3.05) is 6.54 Å². The van der Waals surface area contributed by atoms with Crippen LogP contribution in [0.2, 0.25) is 5.02 Å². The van der Waals surface area contributed by atoms with Gasteiger partial charge in [-0.05, 0) is 29.7 Å². The number of aromatic nitrogens is 3. The minimum atomic E-state index is -5.26. The average Bonchev–Trinajstić information content (AvgIpc) is 3.02. The van der Waals surface area contributed by atoms with E-state index in [2.05, 4.69) is 20.1 Å². The second-order valence-corrected chi connectivity index (χ2v) is 6.12. The standard InChI is InChI=1S/C15H12ClF3N4O3/c16-10-2-1-9-6-23(4-3-8(9)5-10)7-11-12(21-22-20-11)13(24)26-14(25)15(17,18)19/h1-2,5H,3-4,6-7H2,(H,20,21,22). The van der Waals surface area contributed by atoms with Crippen molar-refractivity contribution in [3.8, 4) is 0 Å². The predicted molar refractivity (Wildman–Crippen MR) is 82.1 cm³/mol. The van der Waals surface area contributed by atoms with Gasteiger partial charge in [0.05, 0.1) is 0 Å². The zero-order chi connectivity index (χ0) is 18.9. The summed E-state index contributed by atoms with van der Waals surface area (Å²) >= 11 is 5.96. The first-order valence-electron chi connectivity index (χ1n) is 7.47. The summed E-state index contributed by atoms with van der Waals surface area (Å²) in [5.74, 6) is -4.07. The lowest BCUT2D eigenvalue weighted by Crippen LogP contribution is -2.31. The van der Waals surface area contributed by atoms with Crippen molar-refractivity contribution in [2.45, 2.75) is 25.7 Å². The third-order valence-electron chi connectivity index (χ3n) is 3.88. The molecule has 0 spiro atoms. The summed E-state index contributed by atoms with van der Waals surface area (Å²) in [5, 5.41) is 9.96. The fourth-order valence-corrected chi connectivity index (χ4v) is 2.84. The van der Waals surface area contributed by atoms with Crippen LogP contribution in [-0.2, 0) is 29.0 Å². The van der Waals surface area contributed by atoms with Gasteiger partial charge in [0.2, 0.25) is 0 Å². The number of esters is 2. The quantitative estimate of drug-likeness (QED) is 0.641. The minimum absolute atomic E-state index is 0.0994. The molecule has 0 fully saturated rings. The highest BCUT2D eigenvalue weighted by Crippen LogP contribution is 2.24. The van der Waals surface area contributed by atoms with Gasteiger partial charge < -0.3 is 4.74 Å². The number of H-pyrrole nitrogens is 1. The molecule has 138 valence electrons. The van der Waals surface area contributed by atoms with Crippen LogP contribution in [0.3, 0.4) is 0 Å². The molecule has 0 radical (unpaired) electrons. The number of hydrogen-bond acceptors (Lipinski definition) is 6. The number of halogens is 4. The second kappa shape index (κ2) is 7.04. The summed E-state index contributed by atoms with van der Waals surface area (Å²) in [5.41, 5.74) is 1.89. The van der Waals surface area contributed by atoms with E-state index in [1.165, 1.54) is 0 Å². The van der Waals surface area contributed by atoms with Crippen molar-refractivity contribution in [1.82, 2.24) is 20.3 Å². The molecule has 1 aromatic carbocycles. The van der Waals surface area contributed by atoms with Crippen molar-refractivity contribution in [2.24, 2.45) is 0 Å². The van der Waals surface area contributed by atoms with Crippen LogP contribution in [0.25, 0.3) is 0 Å². The molecule has 26 heavy (non-hydrogen) atoms. The number of ether oxygens (including phenoxy) is 1.